The van der Waals surface area contributed by atoms with E-state index >= 15 is 0 Å². The lowest BCUT2D eigenvalue weighted by molar-refractivity contribution is 0.399. The molecule has 0 aliphatic carbocycles. The van der Waals surface area contributed by atoms with E-state index in [0.717, 1.165) is 5.56 Å². The Hall–Kier alpha value is -3.15. The van der Waals surface area contributed by atoms with Crippen LogP contribution in [0.15, 0.2) is 53.6 Å². The molecule has 108 valence electrons. The molecule has 4 aromatic rings. The fourth-order valence-electron chi connectivity index (χ4n) is 2.54. The van der Waals surface area contributed by atoms with Crippen molar-refractivity contribution in [3.63, 3.8) is 0 Å². The first-order valence-corrected chi connectivity index (χ1v) is 6.77. The van der Waals surface area contributed by atoms with E-state index in [1.165, 1.54) is 0 Å². The number of imidazole rings is 1. The molecule has 3 heterocycles. The van der Waals surface area contributed by atoms with E-state index in [1.54, 1.807) is 30.0 Å². The quantitative estimate of drug-likeness (QED) is 0.615. The van der Waals surface area contributed by atoms with Gasteiger partial charge in [-0.25, -0.2) is 4.98 Å². The van der Waals surface area contributed by atoms with Crippen molar-refractivity contribution in [3.05, 3.63) is 59.1 Å². The molecule has 0 atom stereocenters. The summed E-state index contributed by atoms with van der Waals surface area (Å²) in [6, 6.07) is 13.1. The molecule has 0 saturated heterocycles. The number of H-pyrrole nitrogens is 1. The molecule has 0 amide bonds. The number of aromatic nitrogens is 4. The zero-order valence-corrected chi connectivity index (χ0v) is 11.8. The van der Waals surface area contributed by atoms with Gasteiger partial charge in [-0.2, -0.15) is 4.98 Å². The molecule has 0 aliphatic rings. The number of hydrogen-bond acceptors (Lipinski definition) is 4. The van der Waals surface area contributed by atoms with Crippen LogP contribution in [0.1, 0.15) is 0 Å². The first-order chi connectivity index (χ1) is 10.8. The summed E-state index contributed by atoms with van der Waals surface area (Å²) in [5, 5.41) is 0. The molecule has 6 heteroatoms. The number of rotatable bonds is 2. The van der Waals surface area contributed by atoms with Gasteiger partial charge in [-0.3, -0.25) is 9.20 Å². The van der Waals surface area contributed by atoms with Crippen molar-refractivity contribution in [2.45, 2.75) is 0 Å². The summed E-state index contributed by atoms with van der Waals surface area (Å²) in [5.74, 6) is 0.482. The second-order valence-electron chi connectivity index (χ2n) is 4.86. The Morgan fingerprint density at radius 3 is 2.73 bits per heavy atom. The Morgan fingerprint density at radius 1 is 1.14 bits per heavy atom. The average Bonchev–Trinajstić information content (AvgIpc) is 3.01. The number of aromatic amines is 1. The van der Waals surface area contributed by atoms with Crippen molar-refractivity contribution >= 4 is 16.7 Å². The third-order valence-electron chi connectivity index (χ3n) is 3.56. The van der Waals surface area contributed by atoms with Gasteiger partial charge < -0.3 is 9.72 Å². The molecule has 0 saturated carbocycles. The monoisotopic (exact) mass is 292 g/mol. The fourth-order valence-corrected chi connectivity index (χ4v) is 2.54. The van der Waals surface area contributed by atoms with Crippen LogP contribution in [0.4, 0.5) is 0 Å². The fraction of sp³-hybridized carbons (Fsp3) is 0.0625. The molecule has 3 aromatic heterocycles. The number of pyridine rings is 1. The Balaban J connectivity index is 2.11. The minimum absolute atomic E-state index is 0.198. The Bertz CT molecular complexity index is 1030. The SMILES string of the molecule is COc1ccc2[nH]c(=O)c3c(-c4ccccc4)ncn3c2n1. The van der Waals surface area contributed by atoms with Crippen LogP contribution in [-0.4, -0.2) is 26.5 Å². The molecule has 6 nitrogen and oxygen atoms in total. The molecule has 22 heavy (non-hydrogen) atoms. The van der Waals surface area contributed by atoms with E-state index in [4.69, 9.17) is 4.74 Å². The number of hydrogen-bond donors (Lipinski definition) is 1. The maximum Gasteiger partial charge on any atom is 0.275 e. The highest BCUT2D eigenvalue weighted by atomic mass is 16.5. The van der Waals surface area contributed by atoms with E-state index in [1.807, 2.05) is 30.3 Å². The van der Waals surface area contributed by atoms with Crippen molar-refractivity contribution in [3.8, 4) is 17.1 Å². The molecule has 0 fully saturated rings. The zero-order chi connectivity index (χ0) is 15.1. The van der Waals surface area contributed by atoms with Crippen LogP contribution >= 0.6 is 0 Å². The van der Waals surface area contributed by atoms with Gasteiger partial charge in [-0.1, -0.05) is 30.3 Å². The van der Waals surface area contributed by atoms with Gasteiger partial charge in [-0.15, -0.1) is 0 Å². The number of nitrogens with one attached hydrogen (secondary N) is 1. The summed E-state index contributed by atoms with van der Waals surface area (Å²) in [6.45, 7) is 0. The van der Waals surface area contributed by atoms with E-state index in [2.05, 4.69) is 15.0 Å². The summed E-state index contributed by atoms with van der Waals surface area (Å²) in [7, 11) is 1.56. The number of benzene rings is 1. The van der Waals surface area contributed by atoms with Gasteiger partial charge >= 0.3 is 0 Å². The van der Waals surface area contributed by atoms with Crippen LogP contribution in [0, 0.1) is 0 Å². The zero-order valence-electron chi connectivity index (χ0n) is 11.8. The average molecular weight is 292 g/mol. The van der Waals surface area contributed by atoms with E-state index < -0.39 is 0 Å². The first kappa shape index (κ1) is 12.6. The summed E-state index contributed by atoms with van der Waals surface area (Å²) in [5.41, 5.74) is 3.03. The second kappa shape index (κ2) is 4.70. The van der Waals surface area contributed by atoms with Crippen molar-refractivity contribution in [2.75, 3.05) is 7.11 Å². The highest BCUT2D eigenvalue weighted by molar-refractivity contribution is 5.82. The second-order valence-corrected chi connectivity index (χ2v) is 4.86. The van der Waals surface area contributed by atoms with Gasteiger partial charge in [0, 0.05) is 11.6 Å². The van der Waals surface area contributed by atoms with Crippen LogP contribution in [0.2, 0.25) is 0 Å². The number of methoxy groups -OCH3 is 1. The lowest BCUT2D eigenvalue weighted by Crippen LogP contribution is -2.11. The molecular weight excluding hydrogens is 280 g/mol. The molecule has 0 aliphatic heterocycles. The van der Waals surface area contributed by atoms with Gasteiger partial charge in [0.05, 0.1) is 12.6 Å². The van der Waals surface area contributed by atoms with E-state index in [9.17, 15) is 4.79 Å². The van der Waals surface area contributed by atoms with Crippen molar-refractivity contribution in [1.29, 1.82) is 0 Å². The predicted octanol–water partition coefficient (Wildman–Crippen LogP) is 2.25. The molecule has 1 N–H and O–H groups in total. The highest BCUT2D eigenvalue weighted by Gasteiger charge is 2.14. The number of nitrogens with zero attached hydrogens (tertiary/aromatic N) is 3. The van der Waals surface area contributed by atoms with Gasteiger partial charge in [0.1, 0.15) is 17.5 Å². The molecule has 0 radical (unpaired) electrons. The molecule has 0 spiro atoms. The number of fused-ring (bicyclic) bond motifs is 3. The number of ether oxygens (including phenoxy) is 1. The van der Waals surface area contributed by atoms with Crippen LogP contribution in [0.5, 0.6) is 5.88 Å². The highest BCUT2D eigenvalue weighted by Crippen LogP contribution is 2.23. The van der Waals surface area contributed by atoms with Gasteiger partial charge in [0.2, 0.25) is 5.88 Å². The maximum atomic E-state index is 12.4. The van der Waals surface area contributed by atoms with Crippen LogP contribution < -0.4 is 10.3 Å². The summed E-state index contributed by atoms with van der Waals surface area (Å²) in [6.07, 6.45) is 1.61. The van der Waals surface area contributed by atoms with Crippen LogP contribution in [0.3, 0.4) is 0 Å². The Morgan fingerprint density at radius 2 is 1.95 bits per heavy atom. The van der Waals surface area contributed by atoms with Gasteiger partial charge in [0.25, 0.3) is 5.56 Å². The summed E-state index contributed by atoms with van der Waals surface area (Å²) >= 11 is 0. The lowest BCUT2D eigenvalue weighted by atomic mass is 10.1. The largest absolute Gasteiger partial charge is 0.481 e. The van der Waals surface area contributed by atoms with Crippen molar-refractivity contribution in [2.24, 2.45) is 0 Å². The van der Waals surface area contributed by atoms with Gasteiger partial charge in [0.15, 0.2) is 5.65 Å². The van der Waals surface area contributed by atoms with Crippen molar-refractivity contribution < 1.29 is 4.74 Å². The maximum absolute atomic E-state index is 12.4. The van der Waals surface area contributed by atoms with Crippen LogP contribution in [-0.2, 0) is 0 Å². The topological polar surface area (TPSA) is 72.3 Å². The minimum Gasteiger partial charge on any atom is -0.481 e. The molecule has 0 bridgehead atoms. The Labute approximate surface area is 125 Å². The predicted molar refractivity (Wildman–Crippen MR) is 83.1 cm³/mol. The summed E-state index contributed by atoms with van der Waals surface area (Å²) < 4.78 is 6.85. The normalized spacial score (nSPS) is 11.1. The van der Waals surface area contributed by atoms with E-state index in [0.29, 0.717) is 28.3 Å². The molecular formula is C16H12N4O2. The van der Waals surface area contributed by atoms with Gasteiger partial charge in [-0.05, 0) is 6.07 Å². The molecule has 4 rings (SSSR count). The smallest absolute Gasteiger partial charge is 0.275 e. The lowest BCUT2D eigenvalue weighted by Gasteiger charge is -2.04. The first-order valence-electron chi connectivity index (χ1n) is 6.77. The molecule has 1 aromatic carbocycles. The minimum atomic E-state index is -0.198. The van der Waals surface area contributed by atoms with Crippen molar-refractivity contribution in [1.82, 2.24) is 19.4 Å². The Kier molecular flexibility index (Phi) is 2.69. The standard InChI is InChI=1S/C16H12N4O2/c1-22-12-8-7-11-15(19-12)20-9-17-13(14(20)16(21)18-11)10-5-3-2-4-6-10/h2-9H,1H3,(H,18,21). The van der Waals surface area contributed by atoms with Crippen LogP contribution in [0.25, 0.3) is 27.9 Å². The third-order valence-corrected chi connectivity index (χ3v) is 3.56. The molecule has 0 unspecified atom stereocenters. The third kappa shape index (κ3) is 1.77. The summed E-state index contributed by atoms with van der Waals surface area (Å²) in [4.78, 5) is 24.1. The van der Waals surface area contributed by atoms with E-state index in [-0.39, 0.29) is 5.56 Å².